The molecule has 0 saturated heterocycles. The first-order valence-corrected chi connectivity index (χ1v) is 8.67. The second-order valence-electron chi connectivity index (χ2n) is 5.03. The molecule has 1 aromatic carbocycles. The third kappa shape index (κ3) is 3.10. The molecule has 2 N–H and O–H groups in total. The smallest absolute Gasteiger partial charge is 0.184 e. The van der Waals surface area contributed by atoms with E-state index in [1.165, 1.54) is 0 Å². The molecule has 0 amide bonds. The zero-order valence-corrected chi connectivity index (χ0v) is 13.4. The Balaban J connectivity index is 2.42. The van der Waals surface area contributed by atoms with E-state index in [0.717, 1.165) is 17.8 Å². The highest BCUT2D eigenvalue weighted by Gasteiger charge is 2.21. The lowest BCUT2D eigenvalue weighted by Gasteiger charge is -2.10. The number of rotatable bonds is 5. The Hall–Kier alpha value is -1.82. The molecule has 0 spiro atoms. The average Bonchev–Trinajstić information content (AvgIpc) is 2.83. The third-order valence-electron chi connectivity index (χ3n) is 3.57. The molecule has 0 aliphatic rings. The summed E-state index contributed by atoms with van der Waals surface area (Å²) in [6.07, 6.45) is 0.789. The molecule has 1 aromatic heterocycles. The van der Waals surface area contributed by atoms with E-state index < -0.39 is 9.84 Å². The van der Waals surface area contributed by atoms with Crippen molar-refractivity contribution in [3.8, 4) is 0 Å². The van der Waals surface area contributed by atoms with Crippen molar-refractivity contribution < 1.29 is 8.42 Å². The van der Waals surface area contributed by atoms with Crippen molar-refractivity contribution in [3.05, 3.63) is 41.2 Å². The fourth-order valence-electron chi connectivity index (χ4n) is 2.32. The van der Waals surface area contributed by atoms with E-state index in [9.17, 15) is 8.42 Å². The Morgan fingerprint density at radius 2 is 2.00 bits per heavy atom. The highest BCUT2D eigenvalue weighted by atomic mass is 32.2. The van der Waals surface area contributed by atoms with Gasteiger partial charge in [0.25, 0.3) is 0 Å². The first-order chi connectivity index (χ1) is 9.89. The van der Waals surface area contributed by atoms with Crippen LogP contribution >= 0.6 is 0 Å². The number of aryl methyl sites for hydroxylation is 2. The first-order valence-electron chi connectivity index (χ1n) is 7.02. The molecule has 0 fully saturated rings. The predicted molar refractivity (Wildman–Crippen MR) is 83.8 cm³/mol. The summed E-state index contributed by atoms with van der Waals surface area (Å²) in [4.78, 5) is 0.296. The van der Waals surface area contributed by atoms with Crippen LogP contribution in [0.1, 0.15) is 30.8 Å². The van der Waals surface area contributed by atoms with Crippen LogP contribution in [0.25, 0.3) is 0 Å². The van der Waals surface area contributed by atoms with Gasteiger partial charge >= 0.3 is 0 Å². The Morgan fingerprint density at radius 3 is 2.62 bits per heavy atom. The molecule has 0 aliphatic heterocycles. The van der Waals surface area contributed by atoms with Crippen molar-refractivity contribution in [3.63, 3.8) is 0 Å². The minimum atomic E-state index is -3.43. The molecule has 5 nitrogen and oxygen atoms in total. The van der Waals surface area contributed by atoms with Crippen LogP contribution in [-0.2, 0) is 28.6 Å². The highest BCUT2D eigenvalue weighted by molar-refractivity contribution is 7.90. The first kappa shape index (κ1) is 15.6. The van der Waals surface area contributed by atoms with Crippen LogP contribution in [0.3, 0.4) is 0 Å². The number of benzene rings is 1. The molecular weight excluding hydrogens is 286 g/mol. The molecule has 2 aromatic rings. The van der Waals surface area contributed by atoms with E-state index in [0.29, 0.717) is 22.7 Å². The number of anilines is 1. The van der Waals surface area contributed by atoms with Crippen molar-refractivity contribution in [1.29, 1.82) is 0 Å². The number of nitrogens with two attached hydrogens (primary N) is 1. The fourth-order valence-corrected chi connectivity index (χ4v) is 3.97. The van der Waals surface area contributed by atoms with Crippen LogP contribution < -0.4 is 5.73 Å². The Kier molecular flexibility index (Phi) is 4.37. The van der Waals surface area contributed by atoms with E-state index in [1.54, 1.807) is 29.8 Å². The van der Waals surface area contributed by atoms with E-state index >= 15 is 0 Å². The van der Waals surface area contributed by atoms with Crippen LogP contribution in [0.2, 0.25) is 0 Å². The van der Waals surface area contributed by atoms with Gasteiger partial charge in [0.05, 0.1) is 22.0 Å². The second-order valence-corrected chi connectivity index (χ2v) is 6.98. The molecule has 0 unspecified atom stereocenters. The van der Waals surface area contributed by atoms with E-state index in [-0.39, 0.29) is 5.75 Å². The SMILES string of the molecule is CCc1cc(CS(=O)(=O)c2cccc(N)c2C)n(CC)n1. The number of aromatic nitrogens is 2. The average molecular weight is 307 g/mol. The summed E-state index contributed by atoms with van der Waals surface area (Å²) in [5, 5.41) is 4.39. The predicted octanol–water partition coefficient (Wildman–Crippen LogP) is 2.33. The summed E-state index contributed by atoms with van der Waals surface area (Å²) in [5.41, 5.74) is 8.54. The molecule has 0 saturated carbocycles. The molecule has 0 atom stereocenters. The maximum atomic E-state index is 12.6. The van der Waals surface area contributed by atoms with Gasteiger partial charge in [-0.1, -0.05) is 13.0 Å². The largest absolute Gasteiger partial charge is 0.398 e. The lowest BCUT2D eigenvalue weighted by Crippen LogP contribution is -2.12. The van der Waals surface area contributed by atoms with Crippen molar-refractivity contribution in [2.24, 2.45) is 0 Å². The molecule has 1 heterocycles. The van der Waals surface area contributed by atoms with E-state index in [1.807, 2.05) is 19.9 Å². The van der Waals surface area contributed by atoms with Gasteiger partial charge in [-0.15, -0.1) is 0 Å². The van der Waals surface area contributed by atoms with Gasteiger partial charge in [-0.25, -0.2) is 8.42 Å². The van der Waals surface area contributed by atoms with Gasteiger partial charge in [0, 0.05) is 12.2 Å². The van der Waals surface area contributed by atoms with E-state index in [4.69, 9.17) is 5.73 Å². The Labute approximate surface area is 125 Å². The molecule has 114 valence electrons. The molecule has 21 heavy (non-hydrogen) atoms. The minimum Gasteiger partial charge on any atom is -0.398 e. The molecule has 0 bridgehead atoms. The lowest BCUT2D eigenvalue weighted by atomic mass is 10.2. The van der Waals surface area contributed by atoms with Gasteiger partial charge in [-0.3, -0.25) is 4.68 Å². The van der Waals surface area contributed by atoms with Gasteiger partial charge in [-0.2, -0.15) is 5.10 Å². The lowest BCUT2D eigenvalue weighted by molar-refractivity contribution is 0.584. The number of nitrogen functional groups attached to an aromatic ring is 1. The topological polar surface area (TPSA) is 78.0 Å². The van der Waals surface area contributed by atoms with Crippen molar-refractivity contribution >= 4 is 15.5 Å². The summed E-state index contributed by atoms with van der Waals surface area (Å²) in [6.45, 7) is 6.34. The number of hydrogen-bond donors (Lipinski definition) is 1. The van der Waals surface area contributed by atoms with Crippen molar-refractivity contribution in [2.75, 3.05) is 5.73 Å². The quantitative estimate of drug-likeness (QED) is 0.860. The molecule has 0 aliphatic carbocycles. The number of hydrogen-bond acceptors (Lipinski definition) is 4. The summed E-state index contributed by atoms with van der Waals surface area (Å²) in [7, 11) is -3.43. The maximum Gasteiger partial charge on any atom is 0.184 e. The maximum absolute atomic E-state index is 12.6. The van der Waals surface area contributed by atoms with Crippen LogP contribution in [0.15, 0.2) is 29.2 Å². The molecular formula is C15H21N3O2S. The molecule has 6 heteroatoms. The Morgan fingerprint density at radius 1 is 1.29 bits per heavy atom. The zero-order chi connectivity index (χ0) is 15.6. The van der Waals surface area contributed by atoms with Gasteiger partial charge < -0.3 is 5.73 Å². The minimum absolute atomic E-state index is 0.0574. The van der Waals surface area contributed by atoms with Crippen molar-refractivity contribution in [2.45, 2.75) is 44.4 Å². The fraction of sp³-hybridized carbons (Fsp3) is 0.400. The monoisotopic (exact) mass is 307 g/mol. The van der Waals surface area contributed by atoms with Gasteiger partial charge in [0.2, 0.25) is 0 Å². The summed E-state index contributed by atoms with van der Waals surface area (Å²) < 4.78 is 27.0. The molecule has 0 radical (unpaired) electrons. The summed E-state index contributed by atoms with van der Waals surface area (Å²) in [5.74, 6) is -0.0574. The van der Waals surface area contributed by atoms with Gasteiger partial charge in [0.15, 0.2) is 9.84 Å². The van der Waals surface area contributed by atoms with Gasteiger partial charge in [-0.05, 0) is 44.0 Å². The standard InChI is InChI=1S/C15H21N3O2S/c1-4-12-9-13(18(5-2)17-12)10-21(19,20)15-8-6-7-14(16)11(15)3/h6-9H,4-5,10,16H2,1-3H3. The van der Waals surface area contributed by atoms with Crippen LogP contribution in [0.5, 0.6) is 0 Å². The second kappa shape index (κ2) is 5.89. The third-order valence-corrected chi connectivity index (χ3v) is 5.36. The van der Waals surface area contributed by atoms with Crippen LogP contribution in [0.4, 0.5) is 5.69 Å². The highest BCUT2D eigenvalue weighted by Crippen LogP contribution is 2.24. The Bertz CT molecular complexity index is 748. The normalized spacial score (nSPS) is 11.8. The summed E-state index contributed by atoms with van der Waals surface area (Å²) >= 11 is 0. The van der Waals surface area contributed by atoms with Crippen LogP contribution in [-0.4, -0.2) is 18.2 Å². The summed E-state index contributed by atoms with van der Waals surface area (Å²) in [6, 6.07) is 6.85. The van der Waals surface area contributed by atoms with Crippen LogP contribution in [0, 0.1) is 6.92 Å². The zero-order valence-electron chi connectivity index (χ0n) is 12.6. The van der Waals surface area contributed by atoms with Gasteiger partial charge in [0.1, 0.15) is 0 Å². The number of sulfone groups is 1. The van der Waals surface area contributed by atoms with E-state index in [2.05, 4.69) is 5.10 Å². The van der Waals surface area contributed by atoms with Crippen molar-refractivity contribution in [1.82, 2.24) is 9.78 Å². The molecule has 2 rings (SSSR count). The number of nitrogens with zero attached hydrogens (tertiary/aromatic N) is 2.